The molecule has 2 aromatic rings. The van der Waals surface area contributed by atoms with Gasteiger partial charge >= 0.3 is 0 Å². The Kier molecular flexibility index (Phi) is 6.22. The second kappa shape index (κ2) is 8.49. The van der Waals surface area contributed by atoms with E-state index in [9.17, 15) is 22.7 Å². The van der Waals surface area contributed by atoms with Gasteiger partial charge in [-0.2, -0.15) is 5.26 Å². The van der Waals surface area contributed by atoms with Gasteiger partial charge in [0, 0.05) is 11.3 Å². The molecule has 1 aliphatic carbocycles. The van der Waals surface area contributed by atoms with Crippen LogP contribution in [-0.2, 0) is 9.84 Å². The molecular weight excluding hydrogens is 419 g/mol. The smallest absolute Gasteiger partial charge is 0.255 e. The normalized spacial score (nSPS) is 19.4. The number of aliphatic hydroxyl groups excluding tert-OH is 1. The molecule has 2 aromatic carbocycles. The number of sulfone groups is 1. The number of aliphatic hydroxyl groups is 1. The number of halogens is 2. The lowest BCUT2D eigenvalue weighted by atomic mass is 9.97. The van der Waals surface area contributed by atoms with Crippen LogP contribution in [0.3, 0.4) is 0 Å². The van der Waals surface area contributed by atoms with Crippen LogP contribution in [0.4, 0.5) is 10.1 Å². The van der Waals surface area contributed by atoms with Gasteiger partial charge in [-0.05, 0) is 62.1 Å². The Morgan fingerprint density at radius 1 is 1.17 bits per heavy atom. The van der Waals surface area contributed by atoms with Gasteiger partial charge in [0.1, 0.15) is 11.9 Å². The summed E-state index contributed by atoms with van der Waals surface area (Å²) in [6.45, 7) is 0. The highest BCUT2D eigenvalue weighted by molar-refractivity contribution is 7.92. The van der Waals surface area contributed by atoms with Crippen molar-refractivity contribution in [2.24, 2.45) is 0 Å². The third-order valence-corrected chi connectivity index (χ3v) is 7.67. The number of anilines is 1. The third kappa shape index (κ3) is 4.58. The van der Waals surface area contributed by atoms with E-state index in [0.29, 0.717) is 25.7 Å². The van der Waals surface area contributed by atoms with Crippen LogP contribution >= 0.6 is 11.6 Å². The molecule has 0 saturated heterocycles. The van der Waals surface area contributed by atoms with Gasteiger partial charge in [0.2, 0.25) is 0 Å². The van der Waals surface area contributed by atoms with E-state index in [1.807, 2.05) is 0 Å². The van der Waals surface area contributed by atoms with Gasteiger partial charge in [-0.1, -0.05) is 11.6 Å². The number of hydrogen-bond donors (Lipinski definition) is 2. The average Bonchev–Trinajstić information content (AvgIpc) is 2.69. The van der Waals surface area contributed by atoms with Crippen molar-refractivity contribution >= 4 is 33.0 Å². The number of nitrogens with one attached hydrogen (secondary N) is 1. The van der Waals surface area contributed by atoms with Crippen molar-refractivity contribution in [2.75, 3.05) is 5.32 Å². The van der Waals surface area contributed by atoms with Gasteiger partial charge < -0.3 is 10.4 Å². The van der Waals surface area contributed by atoms with Crippen LogP contribution in [0.2, 0.25) is 5.02 Å². The summed E-state index contributed by atoms with van der Waals surface area (Å²) in [5.41, 5.74) is 0.0434. The van der Waals surface area contributed by atoms with E-state index in [2.05, 4.69) is 5.32 Å². The lowest BCUT2D eigenvalue weighted by Gasteiger charge is -2.25. The van der Waals surface area contributed by atoms with Crippen molar-refractivity contribution in [3.05, 3.63) is 58.4 Å². The van der Waals surface area contributed by atoms with Crippen LogP contribution in [0.25, 0.3) is 0 Å². The first-order chi connectivity index (χ1) is 13.7. The van der Waals surface area contributed by atoms with Crippen LogP contribution in [-0.4, -0.2) is 30.8 Å². The molecule has 0 aliphatic heterocycles. The average molecular weight is 437 g/mol. The summed E-state index contributed by atoms with van der Waals surface area (Å²) in [7, 11) is -3.78. The molecule has 1 amide bonds. The molecule has 0 heterocycles. The Morgan fingerprint density at radius 3 is 2.52 bits per heavy atom. The Bertz CT molecular complexity index is 1090. The van der Waals surface area contributed by atoms with Gasteiger partial charge in [-0.15, -0.1) is 0 Å². The molecule has 0 bridgehead atoms. The maximum absolute atomic E-state index is 13.4. The van der Waals surface area contributed by atoms with Crippen molar-refractivity contribution < 1.29 is 22.7 Å². The highest BCUT2D eigenvalue weighted by Crippen LogP contribution is 2.33. The van der Waals surface area contributed by atoms with E-state index in [4.69, 9.17) is 16.9 Å². The molecule has 0 atom stereocenters. The largest absolute Gasteiger partial charge is 0.393 e. The summed E-state index contributed by atoms with van der Waals surface area (Å²) >= 11 is 6.11. The maximum atomic E-state index is 13.4. The molecular formula is C20H18ClFN2O4S. The zero-order valence-corrected chi connectivity index (χ0v) is 16.8. The van der Waals surface area contributed by atoms with Crippen molar-refractivity contribution in [3.63, 3.8) is 0 Å². The molecule has 9 heteroatoms. The zero-order valence-electron chi connectivity index (χ0n) is 15.2. The first-order valence-electron chi connectivity index (χ1n) is 8.95. The van der Waals surface area contributed by atoms with Crippen LogP contribution in [0, 0.1) is 17.1 Å². The summed E-state index contributed by atoms with van der Waals surface area (Å²) in [4.78, 5) is 12.4. The summed E-state index contributed by atoms with van der Waals surface area (Å²) < 4.78 is 39.4. The highest BCUT2D eigenvalue weighted by Gasteiger charge is 2.33. The van der Waals surface area contributed by atoms with E-state index in [1.54, 1.807) is 6.07 Å². The third-order valence-electron chi connectivity index (χ3n) is 4.93. The fourth-order valence-electron chi connectivity index (χ4n) is 3.29. The molecule has 0 unspecified atom stereocenters. The number of rotatable bonds is 4. The second-order valence-corrected chi connectivity index (χ2v) is 9.49. The molecule has 3 rings (SSSR count). The summed E-state index contributed by atoms with van der Waals surface area (Å²) in [6.07, 6.45) is 0.940. The summed E-state index contributed by atoms with van der Waals surface area (Å²) in [5.74, 6) is -1.32. The van der Waals surface area contributed by atoms with E-state index >= 15 is 0 Å². The standard InChI is InChI=1S/C20H18ClFN2O4S/c21-17-7-1-12(20(26)24-14-2-8-18(22)13(9-14)11-23)10-19(17)29(27,28)16-5-3-15(25)4-6-16/h1-2,7-10,15-16,25H,3-6H2,(H,24,26)/t15-,16-. The number of hydrogen-bond acceptors (Lipinski definition) is 5. The minimum absolute atomic E-state index is 0.0150. The van der Waals surface area contributed by atoms with Crippen molar-refractivity contribution in [1.29, 1.82) is 5.26 Å². The highest BCUT2D eigenvalue weighted by atomic mass is 35.5. The fourth-order valence-corrected chi connectivity index (χ4v) is 5.61. The Hall–Kier alpha value is -2.47. The first kappa shape index (κ1) is 21.2. The minimum atomic E-state index is -3.78. The fraction of sp³-hybridized carbons (Fsp3) is 0.300. The maximum Gasteiger partial charge on any atom is 0.255 e. The van der Waals surface area contributed by atoms with Gasteiger partial charge in [0.15, 0.2) is 9.84 Å². The number of amides is 1. The number of nitriles is 1. The van der Waals surface area contributed by atoms with E-state index in [0.717, 1.165) is 6.07 Å². The van der Waals surface area contributed by atoms with Gasteiger partial charge in [-0.25, -0.2) is 12.8 Å². The Balaban J connectivity index is 1.87. The minimum Gasteiger partial charge on any atom is -0.393 e. The second-order valence-electron chi connectivity index (χ2n) is 6.88. The molecule has 0 spiro atoms. The van der Waals surface area contributed by atoms with Crippen LogP contribution in [0.1, 0.15) is 41.6 Å². The van der Waals surface area contributed by atoms with Gasteiger partial charge in [-0.3, -0.25) is 4.79 Å². The predicted molar refractivity (Wildman–Crippen MR) is 106 cm³/mol. The Morgan fingerprint density at radius 2 is 1.86 bits per heavy atom. The molecule has 1 fully saturated rings. The van der Waals surface area contributed by atoms with Crippen LogP contribution in [0.5, 0.6) is 0 Å². The number of benzene rings is 2. The van der Waals surface area contributed by atoms with Gasteiger partial charge in [0.05, 0.1) is 26.8 Å². The zero-order chi connectivity index (χ0) is 21.2. The molecule has 0 radical (unpaired) electrons. The van der Waals surface area contributed by atoms with E-state index in [1.165, 1.54) is 30.3 Å². The first-order valence-corrected chi connectivity index (χ1v) is 10.9. The number of nitrogens with zero attached hydrogens (tertiary/aromatic N) is 1. The lowest BCUT2D eigenvalue weighted by molar-refractivity contribution is 0.102. The number of carbonyl (C=O) groups is 1. The molecule has 2 N–H and O–H groups in total. The predicted octanol–water partition coefficient (Wildman–Crippen LogP) is 3.68. The summed E-state index contributed by atoms with van der Waals surface area (Å²) in [5, 5.41) is 20.4. The quantitative estimate of drug-likeness (QED) is 0.760. The van der Waals surface area contributed by atoms with Crippen molar-refractivity contribution in [3.8, 4) is 6.07 Å². The molecule has 1 aliphatic rings. The van der Waals surface area contributed by atoms with E-state index < -0.39 is 32.9 Å². The lowest BCUT2D eigenvalue weighted by Crippen LogP contribution is -2.29. The molecule has 29 heavy (non-hydrogen) atoms. The molecule has 152 valence electrons. The van der Waals surface area contributed by atoms with Gasteiger partial charge in [0.25, 0.3) is 5.91 Å². The van der Waals surface area contributed by atoms with Crippen LogP contribution < -0.4 is 5.32 Å². The Labute approximate surface area is 172 Å². The monoisotopic (exact) mass is 436 g/mol. The molecule has 0 aromatic heterocycles. The number of carbonyl (C=O) groups excluding carboxylic acids is 1. The van der Waals surface area contributed by atoms with E-state index in [-0.39, 0.29) is 26.7 Å². The van der Waals surface area contributed by atoms with Crippen LogP contribution in [0.15, 0.2) is 41.3 Å². The van der Waals surface area contributed by atoms with Crippen molar-refractivity contribution in [2.45, 2.75) is 41.9 Å². The molecule has 1 saturated carbocycles. The van der Waals surface area contributed by atoms with Crippen molar-refractivity contribution in [1.82, 2.24) is 0 Å². The SMILES string of the molecule is N#Cc1cc(NC(=O)c2ccc(Cl)c(S(=O)(=O)[C@H]3CC[C@H](O)CC3)c2)ccc1F. The summed E-state index contributed by atoms with van der Waals surface area (Å²) in [6, 6.07) is 9.17. The molecule has 6 nitrogen and oxygen atoms in total. The topological polar surface area (TPSA) is 107 Å².